The molecule has 2 rings (SSSR count). The van der Waals surface area contributed by atoms with Gasteiger partial charge in [0.05, 0.1) is 12.2 Å². The molecule has 1 aromatic rings. The minimum atomic E-state index is 0.647. The van der Waals surface area contributed by atoms with Crippen LogP contribution in [0.3, 0.4) is 0 Å². The Morgan fingerprint density at radius 1 is 1.33 bits per heavy atom. The molecule has 0 saturated heterocycles. The minimum absolute atomic E-state index is 0.647. The third kappa shape index (κ3) is 6.15. The SMILES string of the molecule is CCNC(=NCc1ccnn1C)NCCCN(C)C1CCCCC1. The second-order valence-electron chi connectivity index (χ2n) is 6.69. The first-order valence-electron chi connectivity index (χ1n) is 9.40. The van der Waals surface area contributed by atoms with Crippen molar-refractivity contribution in [3.05, 3.63) is 18.0 Å². The number of aryl methyl sites for hydroxylation is 1. The zero-order valence-electron chi connectivity index (χ0n) is 15.6. The molecule has 1 saturated carbocycles. The molecule has 2 N–H and O–H groups in total. The van der Waals surface area contributed by atoms with Gasteiger partial charge in [0.1, 0.15) is 0 Å². The second kappa shape index (κ2) is 10.3. The lowest BCUT2D eigenvalue weighted by atomic mass is 9.94. The van der Waals surface area contributed by atoms with Gasteiger partial charge in [0.25, 0.3) is 0 Å². The molecule has 0 spiro atoms. The number of nitrogens with zero attached hydrogens (tertiary/aromatic N) is 4. The van der Waals surface area contributed by atoms with Crippen molar-refractivity contribution in [2.24, 2.45) is 12.0 Å². The van der Waals surface area contributed by atoms with Crippen LogP contribution < -0.4 is 10.6 Å². The molecular formula is C18H34N6. The summed E-state index contributed by atoms with van der Waals surface area (Å²) in [6.07, 6.45) is 9.93. The maximum Gasteiger partial charge on any atom is 0.191 e. The normalized spacial score (nSPS) is 16.6. The van der Waals surface area contributed by atoms with E-state index in [0.717, 1.165) is 43.8 Å². The molecule has 1 aromatic heterocycles. The largest absolute Gasteiger partial charge is 0.357 e. The first-order chi connectivity index (χ1) is 11.7. The van der Waals surface area contributed by atoms with E-state index in [1.807, 2.05) is 24.0 Å². The summed E-state index contributed by atoms with van der Waals surface area (Å²) in [6, 6.07) is 2.80. The third-order valence-corrected chi connectivity index (χ3v) is 4.84. The quantitative estimate of drug-likeness (QED) is 0.434. The summed E-state index contributed by atoms with van der Waals surface area (Å²) in [6.45, 7) is 5.72. The summed E-state index contributed by atoms with van der Waals surface area (Å²) in [5.41, 5.74) is 1.12. The van der Waals surface area contributed by atoms with Gasteiger partial charge in [0, 0.05) is 32.4 Å². The fourth-order valence-electron chi connectivity index (χ4n) is 3.30. The topological polar surface area (TPSA) is 57.5 Å². The molecule has 136 valence electrons. The Bertz CT molecular complexity index is 489. The molecule has 24 heavy (non-hydrogen) atoms. The summed E-state index contributed by atoms with van der Waals surface area (Å²) in [5.74, 6) is 0.888. The van der Waals surface area contributed by atoms with Crippen LogP contribution in [0.5, 0.6) is 0 Å². The van der Waals surface area contributed by atoms with Crippen LogP contribution in [0.4, 0.5) is 0 Å². The van der Waals surface area contributed by atoms with E-state index >= 15 is 0 Å². The molecule has 6 heteroatoms. The zero-order valence-corrected chi connectivity index (χ0v) is 15.6. The monoisotopic (exact) mass is 334 g/mol. The Labute approximate surface area is 146 Å². The maximum absolute atomic E-state index is 4.64. The van der Waals surface area contributed by atoms with Crippen LogP contribution in [0.15, 0.2) is 17.3 Å². The van der Waals surface area contributed by atoms with E-state index in [9.17, 15) is 0 Å². The summed E-state index contributed by atoms with van der Waals surface area (Å²) < 4.78 is 1.87. The number of aromatic nitrogens is 2. The molecule has 1 heterocycles. The molecule has 1 aliphatic carbocycles. The lowest BCUT2D eigenvalue weighted by Crippen LogP contribution is -2.39. The van der Waals surface area contributed by atoms with Crippen LogP contribution >= 0.6 is 0 Å². The lowest BCUT2D eigenvalue weighted by Gasteiger charge is -2.31. The van der Waals surface area contributed by atoms with E-state index in [-0.39, 0.29) is 0 Å². The van der Waals surface area contributed by atoms with Crippen LogP contribution in [0.2, 0.25) is 0 Å². The van der Waals surface area contributed by atoms with E-state index in [4.69, 9.17) is 0 Å². The Hall–Kier alpha value is -1.56. The van der Waals surface area contributed by atoms with Gasteiger partial charge < -0.3 is 15.5 Å². The van der Waals surface area contributed by atoms with Crippen molar-refractivity contribution in [2.75, 3.05) is 26.7 Å². The molecule has 1 aliphatic rings. The van der Waals surface area contributed by atoms with E-state index in [1.165, 1.54) is 32.1 Å². The fraction of sp³-hybridized carbons (Fsp3) is 0.778. The molecule has 1 fully saturated rings. The van der Waals surface area contributed by atoms with Gasteiger partial charge in [-0.05, 0) is 45.8 Å². The first-order valence-corrected chi connectivity index (χ1v) is 9.40. The van der Waals surface area contributed by atoms with Gasteiger partial charge in [-0.1, -0.05) is 19.3 Å². The van der Waals surface area contributed by atoms with Crippen LogP contribution in [0.1, 0.15) is 51.1 Å². The molecule has 0 radical (unpaired) electrons. The van der Waals surface area contributed by atoms with Gasteiger partial charge in [-0.3, -0.25) is 4.68 Å². The Morgan fingerprint density at radius 2 is 2.12 bits per heavy atom. The van der Waals surface area contributed by atoms with Gasteiger partial charge in [-0.25, -0.2) is 4.99 Å². The highest BCUT2D eigenvalue weighted by molar-refractivity contribution is 5.79. The van der Waals surface area contributed by atoms with E-state index in [1.54, 1.807) is 0 Å². The van der Waals surface area contributed by atoms with Crippen molar-refractivity contribution in [1.29, 1.82) is 0 Å². The lowest BCUT2D eigenvalue weighted by molar-refractivity contribution is 0.190. The number of rotatable bonds is 8. The molecule has 0 amide bonds. The summed E-state index contributed by atoms with van der Waals surface area (Å²) >= 11 is 0. The smallest absolute Gasteiger partial charge is 0.191 e. The number of guanidine groups is 1. The van der Waals surface area contributed by atoms with Crippen molar-refractivity contribution < 1.29 is 0 Å². The fourth-order valence-corrected chi connectivity index (χ4v) is 3.30. The molecule has 0 bridgehead atoms. The predicted molar refractivity (Wildman–Crippen MR) is 100 cm³/mol. The van der Waals surface area contributed by atoms with Crippen molar-refractivity contribution in [3.63, 3.8) is 0 Å². The summed E-state index contributed by atoms with van der Waals surface area (Å²) in [7, 11) is 4.23. The van der Waals surface area contributed by atoms with Crippen LogP contribution in [-0.2, 0) is 13.6 Å². The van der Waals surface area contributed by atoms with E-state index in [2.05, 4.69) is 39.6 Å². The van der Waals surface area contributed by atoms with Gasteiger partial charge >= 0.3 is 0 Å². The standard InChI is InChI=1S/C18H34N6/c1-4-19-18(21-15-17-11-13-22-24(17)3)20-12-8-14-23(2)16-9-6-5-7-10-16/h11,13,16H,4-10,12,14-15H2,1-3H3,(H2,19,20,21). The van der Waals surface area contributed by atoms with Crippen LogP contribution in [0, 0.1) is 0 Å². The van der Waals surface area contributed by atoms with Gasteiger partial charge in [0.15, 0.2) is 5.96 Å². The minimum Gasteiger partial charge on any atom is -0.357 e. The highest BCUT2D eigenvalue weighted by atomic mass is 15.3. The van der Waals surface area contributed by atoms with Crippen molar-refractivity contribution >= 4 is 5.96 Å². The van der Waals surface area contributed by atoms with Gasteiger partial charge in [-0.15, -0.1) is 0 Å². The third-order valence-electron chi connectivity index (χ3n) is 4.84. The van der Waals surface area contributed by atoms with Crippen molar-refractivity contribution in [3.8, 4) is 0 Å². The first kappa shape index (κ1) is 18.8. The molecule has 0 atom stereocenters. The number of nitrogens with one attached hydrogen (secondary N) is 2. The second-order valence-corrected chi connectivity index (χ2v) is 6.69. The Kier molecular flexibility index (Phi) is 8.08. The maximum atomic E-state index is 4.64. The van der Waals surface area contributed by atoms with E-state index < -0.39 is 0 Å². The highest BCUT2D eigenvalue weighted by Crippen LogP contribution is 2.21. The number of hydrogen-bond acceptors (Lipinski definition) is 3. The zero-order chi connectivity index (χ0) is 17.2. The van der Waals surface area contributed by atoms with Crippen LogP contribution in [0.25, 0.3) is 0 Å². The number of hydrogen-bond donors (Lipinski definition) is 2. The predicted octanol–water partition coefficient (Wildman–Crippen LogP) is 2.13. The Morgan fingerprint density at radius 3 is 2.79 bits per heavy atom. The van der Waals surface area contributed by atoms with Crippen LogP contribution in [-0.4, -0.2) is 53.4 Å². The van der Waals surface area contributed by atoms with Gasteiger partial charge in [-0.2, -0.15) is 5.10 Å². The molecule has 0 unspecified atom stereocenters. The van der Waals surface area contributed by atoms with Crippen molar-refractivity contribution in [2.45, 2.75) is 58.0 Å². The van der Waals surface area contributed by atoms with E-state index in [0.29, 0.717) is 6.54 Å². The number of aliphatic imine (C=N–C) groups is 1. The average Bonchev–Trinajstić information content (AvgIpc) is 3.02. The summed E-state index contributed by atoms with van der Waals surface area (Å²) in [5, 5.41) is 10.9. The van der Waals surface area contributed by atoms with Crippen molar-refractivity contribution in [1.82, 2.24) is 25.3 Å². The summed E-state index contributed by atoms with van der Waals surface area (Å²) in [4.78, 5) is 7.19. The van der Waals surface area contributed by atoms with Gasteiger partial charge in [0.2, 0.25) is 0 Å². The average molecular weight is 335 g/mol. The Balaban J connectivity index is 1.69. The molecular weight excluding hydrogens is 300 g/mol. The molecule has 6 nitrogen and oxygen atoms in total. The molecule has 0 aliphatic heterocycles. The highest BCUT2D eigenvalue weighted by Gasteiger charge is 2.17. The molecule has 0 aromatic carbocycles.